The van der Waals surface area contributed by atoms with E-state index in [1.54, 1.807) is 0 Å². The van der Waals surface area contributed by atoms with Crippen LogP contribution < -0.4 is 5.73 Å². The Morgan fingerprint density at radius 3 is 2.60 bits per heavy atom. The van der Waals surface area contributed by atoms with Crippen LogP contribution in [0.2, 0.25) is 0 Å². The lowest BCUT2D eigenvalue weighted by Gasteiger charge is -2.03. The minimum absolute atomic E-state index is 0.0854. The number of aldehydes is 1. The van der Waals surface area contributed by atoms with Gasteiger partial charge in [-0.1, -0.05) is 0 Å². The topological polar surface area (TPSA) is 99.1 Å². The van der Waals surface area contributed by atoms with Crippen molar-refractivity contribution in [1.82, 2.24) is 4.98 Å². The van der Waals surface area contributed by atoms with Gasteiger partial charge in [0.1, 0.15) is 5.69 Å². The number of rotatable bonds is 3. The Balaban J connectivity index is 3.44. The molecule has 0 aliphatic carbocycles. The number of anilines is 1. The Bertz CT molecular complexity index is 422. The summed E-state index contributed by atoms with van der Waals surface area (Å²) in [5.41, 5.74) is 3.06. The first-order chi connectivity index (χ1) is 6.97. The second-order valence-corrected chi connectivity index (χ2v) is 2.55. The van der Waals surface area contributed by atoms with Crippen LogP contribution in [-0.4, -0.2) is 16.2 Å². The number of hydrogen-bond donors (Lipinski definition) is 1. The van der Waals surface area contributed by atoms with Crippen LogP contribution in [0.5, 0.6) is 0 Å². The van der Waals surface area contributed by atoms with Crippen molar-refractivity contribution in [3.63, 3.8) is 0 Å². The molecular weight excluding hydrogens is 212 g/mol. The molecule has 1 aromatic rings. The summed E-state index contributed by atoms with van der Waals surface area (Å²) < 4.78 is 24.4. The Morgan fingerprint density at radius 1 is 1.60 bits per heavy atom. The molecule has 0 spiro atoms. The van der Waals surface area contributed by atoms with Crippen molar-refractivity contribution in [2.24, 2.45) is 0 Å². The van der Waals surface area contributed by atoms with Gasteiger partial charge in [0.05, 0.1) is 10.5 Å². The quantitative estimate of drug-likeness (QED) is 0.467. The molecule has 15 heavy (non-hydrogen) atoms. The lowest BCUT2D eigenvalue weighted by molar-refractivity contribution is -0.384. The van der Waals surface area contributed by atoms with Gasteiger partial charge in [-0.25, -0.2) is 13.8 Å². The third-order valence-corrected chi connectivity index (χ3v) is 1.60. The van der Waals surface area contributed by atoms with E-state index in [9.17, 15) is 23.7 Å². The summed E-state index contributed by atoms with van der Waals surface area (Å²) in [7, 11) is 0. The van der Waals surface area contributed by atoms with Crippen LogP contribution in [-0.2, 0) is 0 Å². The van der Waals surface area contributed by atoms with E-state index in [1.807, 2.05) is 0 Å². The number of pyridine rings is 1. The molecular formula is C7H5F2N3O3. The highest BCUT2D eigenvalue weighted by molar-refractivity contribution is 5.85. The molecule has 0 saturated heterocycles. The zero-order chi connectivity index (χ0) is 11.6. The van der Waals surface area contributed by atoms with Gasteiger partial charge in [-0.2, -0.15) is 0 Å². The Hall–Kier alpha value is -2.12. The van der Waals surface area contributed by atoms with Gasteiger partial charge >= 0.3 is 5.69 Å². The van der Waals surface area contributed by atoms with Crippen molar-refractivity contribution in [1.29, 1.82) is 0 Å². The number of nitrogens with two attached hydrogens (primary N) is 1. The third kappa shape index (κ3) is 2.03. The predicted molar refractivity (Wildman–Crippen MR) is 45.6 cm³/mol. The molecule has 0 aromatic carbocycles. The maximum Gasteiger partial charge on any atom is 0.321 e. The van der Waals surface area contributed by atoms with E-state index in [4.69, 9.17) is 5.73 Å². The van der Waals surface area contributed by atoms with Crippen molar-refractivity contribution < 1.29 is 18.5 Å². The fourth-order valence-electron chi connectivity index (χ4n) is 1.00. The molecule has 0 atom stereocenters. The highest BCUT2D eigenvalue weighted by Crippen LogP contribution is 2.27. The molecule has 0 saturated carbocycles. The summed E-state index contributed by atoms with van der Waals surface area (Å²) >= 11 is 0. The number of carbonyl (C=O) groups excluding carboxylic acids is 1. The monoisotopic (exact) mass is 217 g/mol. The second-order valence-electron chi connectivity index (χ2n) is 2.55. The number of aromatic nitrogens is 1. The molecule has 8 heteroatoms. The highest BCUT2D eigenvalue weighted by atomic mass is 19.3. The molecule has 0 aliphatic heterocycles. The molecule has 80 valence electrons. The van der Waals surface area contributed by atoms with E-state index in [2.05, 4.69) is 4.98 Å². The number of alkyl halides is 2. The largest absolute Gasteiger partial charge is 0.378 e. The van der Waals surface area contributed by atoms with Crippen LogP contribution in [0.4, 0.5) is 20.3 Å². The molecule has 1 aromatic heterocycles. The predicted octanol–water partition coefficient (Wildman–Crippen LogP) is 1.32. The normalized spacial score (nSPS) is 10.3. The van der Waals surface area contributed by atoms with Crippen molar-refractivity contribution in [2.45, 2.75) is 6.43 Å². The highest BCUT2D eigenvalue weighted by Gasteiger charge is 2.23. The van der Waals surface area contributed by atoms with Crippen molar-refractivity contribution >= 4 is 17.8 Å². The van der Waals surface area contributed by atoms with Crippen molar-refractivity contribution in [2.75, 3.05) is 5.73 Å². The number of nitrogens with zero attached hydrogens (tertiary/aromatic N) is 2. The van der Waals surface area contributed by atoms with Crippen molar-refractivity contribution in [3.05, 3.63) is 27.4 Å². The van der Waals surface area contributed by atoms with Crippen LogP contribution in [0.25, 0.3) is 0 Å². The molecule has 6 nitrogen and oxygen atoms in total. The Labute approximate surface area is 81.9 Å². The maximum absolute atomic E-state index is 12.2. The number of halogens is 2. The number of carbonyl (C=O) groups is 1. The smallest absolute Gasteiger partial charge is 0.321 e. The molecule has 1 heterocycles. The molecule has 2 N–H and O–H groups in total. The van der Waals surface area contributed by atoms with Crippen LogP contribution in [0, 0.1) is 10.1 Å². The van der Waals surface area contributed by atoms with E-state index < -0.39 is 34.1 Å². The Kier molecular flexibility index (Phi) is 2.88. The van der Waals surface area contributed by atoms with Crippen LogP contribution in [0.1, 0.15) is 22.5 Å². The zero-order valence-electron chi connectivity index (χ0n) is 7.18. The maximum atomic E-state index is 12.2. The van der Waals surface area contributed by atoms with E-state index in [0.29, 0.717) is 6.07 Å². The molecule has 0 fully saturated rings. The third-order valence-electron chi connectivity index (χ3n) is 1.60. The number of nitrogen functional groups attached to an aromatic ring is 1. The van der Waals surface area contributed by atoms with Crippen LogP contribution in [0.3, 0.4) is 0 Å². The standard InChI is InChI=1S/C7H5F2N3O3/c8-6(9)4-1-3(2-13)5(12(14)15)7(10)11-4/h1-2,6H,(H2,10,11). The van der Waals surface area contributed by atoms with Gasteiger partial charge < -0.3 is 5.73 Å². The molecule has 0 amide bonds. The minimum atomic E-state index is -2.94. The summed E-state index contributed by atoms with van der Waals surface area (Å²) in [6, 6.07) is 0.645. The Morgan fingerprint density at radius 2 is 2.20 bits per heavy atom. The first-order valence-corrected chi connectivity index (χ1v) is 3.65. The van der Waals surface area contributed by atoms with Crippen molar-refractivity contribution in [3.8, 4) is 0 Å². The SMILES string of the molecule is Nc1nc(C(F)F)cc(C=O)c1[N+](=O)[O-]. The fourth-order valence-corrected chi connectivity index (χ4v) is 1.00. The van der Waals surface area contributed by atoms with Gasteiger partial charge in [0.2, 0.25) is 5.82 Å². The van der Waals surface area contributed by atoms with Gasteiger partial charge in [0.25, 0.3) is 6.43 Å². The van der Waals surface area contributed by atoms with Gasteiger partial charge in [-0.15, -0.1) is 0 Å². The second kappa shape index (κ2) is 3.95. The lowest BCUT2D eigenvalue weighted by Crippen LogP contribution is -2.05. The lowest BCUT2D eigenvalue weighted by atomic mass is 10.2. The van der Waals surface area contributed by atoms with Crippen LogP contribution in [0.15, 0.2) is 6.07 Å². The summed E-state index contributed by atoms with van der Waals surface area (Å²) in [4.78, 5) is 23.0. The molecule has 0 unspecified atom stereocenters. The summed E-state index contributed by atoms with van der Waals surface area (Å²) in [5.74, 6) is -0.695. The molecule has 0 bridgehead atoms. The summed E-state index contributed by atoms with van der Waals surface area (Å²) in [6.45, 7) is 0. The van der Waals surface area contributed by atoms with Crippen LogP contribution >= 0.6 is 0 Å². The first-order valence-electron chi connectivity index (χ1n) is 3.65. The van der Waals surface area contributed by atoms with E-state index in [-0.39, 0.29) is 6.29 Å². The number of nitro groups is 1. The summed E-state index contributed by atoms with van der Waals surface area (Å²) in [5, 5.41) is 10.4. The van der Waals surface area contributed by atoms with E-state index in [0.717, 1.165) is 0 Å². The molecule has 0 radical (unpaired) electrons. The first kappa shape index (κ1) is 11.0. The summed E-state index contributed by atoms with van der Waals surface area (Å²) in [6.07, 6.45) is -2.85. The van der Waals surface area contributed by atoms with Gasteiger partial charge in [0, 0.05) is 0 Å². The van der Waals surface area contributed by atoms with Gasteiger partial charge in [-0.3, -0.25) is 14.9 Å². The minimum Gasteiger partial charge on any atom is -0.378 e. The van der Waals surface area contributed by atoms with E-state index >= 15 is 0 Å². The fraction of sp³-hybridized carbons (Fsp3) is 0.143. The average Bonchev–Trinajstić information content (AvgIpc) is 2.15. The zero-order valence-corrected chi connectivity index (χ0v) is 7.18. The number of hydrogen-bond acceptors (Lipinski definition) is 5. The van der Waals surface area contributed by atoms with Gasteiger partial charge in [-0.05, 0) is 6.07 Å². The van der Waals surface area contributed by atoms with Gasteiger partial charge in [0.15, 0.2) is 6.29 Å². The average molecular weight is 217 g/mol. The van der Waals surface area contributed by atoms with E-state index in [1.165, 1.54) is 0 Å². The molecule has 0 aliphatic rings. The molecule has 1 rings (SSSR count).